The molecule has 0 saturated carbocycles. The number of hydrogen-bond acceptors (Lipinski definition) is 5. The highest BCUT2D eigenvalue weighted by Gasteiger charge is 2.15. The minimum Gasteiger partial charge on any atom is -0.349 e. The number of nitrogens with one attached hydrogen (secondary N) is 1. The number of anilines is 1. The van der Waals surface area contributed by atoms with Crippen LogP contribution in [0.15, 0.2) is 6.20 Å². The van der Waals surface area contributed by atoms with Crippen molar-refractivity contribution >= 4 is 16.5 Å². The third-order valence-corrected chi connectivity index (χ3v) is 4.72. The Bertz CT molecular complexity index is 364. The second kappa shape index (κ2) is 8.60. The minimum atomic E-state index is 0.574. The van der Waals surface area contributed by atoms with Crippen LogP contribution in [-0.2, 0) is 6.54 Å². The highest BCUT2D eigenvalue weighted by Crippen LogP contribution is 2.22. The van der Waals surface area contributed by atoms with E-state index >= 15 is 0 Å². The van der Waals surface area contributed by atoms with Crippen molar-refractivity contribution in [1.29, 1.82) is 0 Å². The summed E-state index contributed by atoms with van der Waals surface area (Å²) in [6, 6.07) is 0.574. The first kappa shape index (κ1) is 17.4. The van der Waals surface area contributed by atoms with E-state index in [0.29, 0.717) is 12.0 Å². The quantitative estimate of drug-likeness (QED) is 0.759. The molecule has 1 aromatic heterocycles. The largest absolute Gasteiger partial charge is 0.349 e. The van der Waals surface area contributed by atoms with Gasteiger partial charge in [0, 0.05) is 43.3 Å². The van der Waals surface area contributed by atoms with E-state index in [4.69, 9.17) is 0 Å². The van der Waals surface area contributed by atoms with Crippen molar-refractivity contribution < 1.29 is 0 Å². The zero-order valence-corrected chi connectivity index (χ0v) is 14.6. The lowest BCUT2D eigenvalue weighted by molar-refractivity contribution is 0.224. The highest BCUT2D eigenvalue weighted by molar-refractivity contribution is 7.15. The molecule has 1 N–H and O–H groups in total. The predicted molar refractivity (Wildman–Crippen MR) is 89.7 cm³/mol. The summed E-state index contributed by atoms with van der Waals surface area (Å²) >= 11 is 1.80. The maximum absolute atomic E-state index is 4.52. The van der Waals surface area contributed by atoms with Crippen LogP contribution in [0.3, 0.4) is 0 Å². The van der Waals surface area contributed by atoms with Gasteiger partial charge in [-0.1, -0.05) is 13.8 Å². The van der Waals surface area contributed by atoms with Crippen molar-refractivity contribution in [3.05, 3.63) is 11.1 Å². The van der Waals surface area contributed by atoms with Crippen LogP contribution < -0.4 is 10.2 Å². The van der Waals surface area contributed by atoms with Crippen LogP contribution in [-0.4, -0.2) is 49.7 Å². The summed E-state index contributed by atoms with van der Waals surface area (Å²) in [7, 11) is 4.30. The first-order chi connectivity index (χ1) is 9.49. The van der Waals surface area contributed by atoms with Crippen molar-refractivity contribution in [2.75, 3.05) is 38.6 Å². The van der Waals surface area contributed by atoms with E-state index < -0.39 is 0 Å². The molecule has 0 aliphatic heterocycles. The molecule has 4 nitrogen and oxygen atoms in total. The van der Waals surface area contributed by atoms with Crippen LogP contribution in [0, 0.1) is 5.92 Å². The molecule has 0 radical (unpaired) electrons. The number of hydrogen-bond donors (Lipinski definition) is 1. The summed E-state index contributed by atoms with van der Waals surface area (Å²) in [6.07, 6.45) is 2.01. The third-order valence-electron chi connectivity index (χ3n) is 3.66. The zero-order valence-electron chi connectivity index (χ0n) is 13.8. The van der Waals surface area contributed by atoms with Crippen molar-refractivity contribution in [2.24, 2.45) is 5.92 Å². The molecule has 0 amide bonds. The van der Waals surface area contributed by atoms with E-state index in [1.165, 1.54) is 4.88 Å². The first-order valence-corrected chi connectivity index (χ1v) is 8.38. The van der Waals surface area contributed by atoms with Crippen LogP contribution in [0.4, 0.5) is 5.13 Å². The third kappa shape index (κ3) is 5.04. The van der Waals surface area contributed by atoms with Crippen LogP contribution in [0.2, 0.25) is 0 Å². The van der Waals surface area contributed by atoms with E-state index in [-0.39, 0.29) is 0 Å². The topological polar surface area (TPSA) is 31.4 Å². The average molecular weight is 298 g/mol. The highest BCUT2D eigenvalue weighted by atomic mass is 32.1. The Kier molecular flexibility index (Phi) is 7.48. The standard InChI is InChI=1S/C15H30N4S/c1-7-19(8-2)15-17-10-13(20-15)9-16-11-14(12(3)4)18(5)6/h10,12,14,16H,7-9,11H2,1-6H3. The van der Waals surface area contributed by atoms with Gasteiger partial charge in [0.15, 0.2) is 5.13 Å². The number of aromatic nitrogens is 1. The van der Waals surface area contributed by atoms with Crippen LogP contribution in [0.1, 0.15) is 32.6 Å². The predicted octanol–water partition coefficient (Wildman–Crippen LogP) is 2.67. The zero-order chi connectivity index (χ0) is 15.1. The summed E-state index contributed by atoms with van der Waals surface area (Å²) in [4.78, 5) is 10.4. The smallest absolute Gasteiger partial charge is 0.185 e. The van der Waals surface area contributed by atoms with Crippen LogP contribution in [0.5, 0.6) is 0 Å². The van der Waals surface area contributed by atoms with Gasteiger partial charge in [-0.05, 0) is 33.9 Å². The first-order valence-electron chi connectivity index (χ1n) is 7.56. The molecule has 0 bridgehead atoms. The molecule has 1 aromatic rings. The molecule has 1 rings (SSSR count). The second-order valence-corrected chi connectivity index (χ2v) is 6.78. The normalized spacial score (nSPS) is 13.2. The second-order valence-electron chi connectivity index (χ2n) is 5.69. The molecular weight excluding hydrogens is 268 g/mol. The van der Waals surface area contributed by atoms with Crippen molar-refractivity contribution in [2.45, 2.75) is 40.3 Å². The van der Waals surface area contributed by atoms with Crippen molar-refractivity contribution in [3.8, 4) is 0 Å². The average Bonchev–Trinajstić information content (AvgIpc) is 2.84. The molecule has 1 heterocycles. The molecule has 1 unspecified atom stereocenters. The lowest BCUT2D eigenvalue weighted by Crippen LogP contribution is -2.41. The molecule has 0 spiro atoms. The molecule has 0 saturated heterocycles. The lowest BCUT2D eigenvalue weighted by atomic mass is 10.0. The maximum atomic E-state index is 4.52. The molecule has 116 valence electrons. The molecule has 1 atom stereocenters. The Hall–Kier alpha value is -0.650. The van der Waals surface area contributed by atoms with Gasteiger partial charge in [-0.15, -0.1) is 11.3 Å². The van der Waals surface area contributed by atoms with Crippen molar-refractivity contribution in [1.82, 2.24) is 15.2 Å². The van der Waals surface area contributed by atoms with Gasteiger partial charge in [0.25, 0.3) is 0 Å². The number of thiazole rings is 1. The van der Waals surface area contributed by atoms with Gasteiger partial charge in [-0.3, -0.25) is 0 Å². The number of rotatable bonds is 9. The summed E-state index contributed by atoms with van der Waals surface area (Å²) < 4.78 is 0. The Morgan fingerprint density at radius 1 is 1.25 bits per heavy atom. The summed E-state index contributed by atoms with van der Waals surface area (Å²) in [5.74, 6) is 0.658. The van der Waals surface area contributed by atoms with E-state index in [1.54, 1.807) is 11.3 Å². The van der Waals surface area contributed by atoms with E-state index in [2.05, 4.69) is 61.9 Å². The Labute approximate surface area is 128 Å². The minimum absolute atomic E-state index is 0.574. The molecule has 0 fully saturated rings. The fourth-order valence-electron chi connectivity index (χ4n) is 2.38. The SMILES string of the molecule is CCN(CC)c1ncc(CNCC(C(C)C)N(C)C)s1. The van der Waals surface area contributed by atoms with Gasteiger partial charge in [0.05, 0.1) is 0 Å². The number of nitrogens with zero attached hydrogens (tertiary/aromatic N) is 3. The Morgan fingerprint density at radius 2 is 1.90 bits per heavy atom. The Morgan fingerprint density at radius 3 is 2.40 bits per heavy atom. The Balaban J connectivity index is 2.46. The van der Waals surface area contributed by atoms with E-state index in [9.17, 15) is 0 Å². The molecule has 0 aliphatic rings. The molecule has 0 aromatic carbocycles. The summed E-state index contributed by atoms with van der Waals surface area (Å²) in [6.45, 7) is 12.9. The van der Waals surface area contributed by atoms with E-state index in [0.717, 1.165) is 31.3 Å². The van der Waals surface area contributed by atoms with Crippen LogP contribution in [0.25, 0.3) is 0 Å². The van der Waals surface area contributed by atoms with Gasteiger partial charge >= 0.3 is 0 Å². The van der Waals surface area contributed by atoms with Gasteiger partial charge in [0.1, 0.15) is 0 Å². The molecular formula is C15H30N4S. The molecule has 0 aliphatic carbocycles. The maximum Gasteiger partial charge on any atom is 0.185 e. The summed E-state index contributed by atoms with van der Waals surface area (Å²) in [5, 5.41) is 4.70. The van der Waals surface area contributed by atoms with E-state index in [1.807, 2.05) is 6.20 Å². The fourth-order valence-corrected chi connectivity index (χ4v) is 3.38. The lowest BCUT2D eigenvalue weighted by Gasteiger charge is -2.28. The van der Waals surface area contributed by atoms with Crippen LogP contribution >= 0.6 is 11.3 Å². The van der Waals surface area contributed by atoms with Gasteiger partial charge in [-0.2, -0.15) is 0 Å². The molecule has 20 heavy (non-hydrogen) atoms. The summed E-state index contributed by atoms with van der Waals surface area (Å²) in [5.41, 5.74) is 0. The fraction of sp³-hybridized carbons (Fsp3) is 0.800. The monoisotopic (exact) mass is 298 g/mol. The van der Waals surface area contributed by atoms with Crippen molar-refractivity contribution in [3.63, 3.8) is 0 Å². The van der Waals surface area contributed by atoms with Gasteiger partial charge in [-0.25, -0.2) is 4.98 Å². The molecule has 5 heteroatoms. The van der Waals surface area contributed by atoms with Gasteiger partial charge < -0.3 is 15.1 Å². The van der Waals surface area contributed by atoms with Gasteiger partial charge in [0.2, 0.25) is 0 Å². The number of likely N-dealkylation sites (N-methyl/N-ethyl adjacent to an activating group) is 1.